The first kappa shape index (κ1) is 24.4. The predicted octanol–water partition coefficient (Wildman–Crippen LogP) is 3.37. The van der Waals surface area contributed by atoms with E-state index in [2.05, 4.69) is 30.8 Å². The molecule has 3 N–H and O–H groups in total. The fourth-order valence-electron chi connectivity index (χ4n) is 2.69. The quantitative estimate of drug-likeness (QED) is 0.231. The Bertz CT molecular complexity index is 980. The third-order valence-corrected chi connectivity index (χ3v) is 4.22. The second-order valence-corrected chi connectivity index (χ2v) is 6.53. The minimum Gasteiger partial charge on any atom is -0.497 e. The molecule has 31 heavy (non-hydrogen) atoms. The molecule has 3 aromatic rings. The van der Waals surface area contributed by atoms with Crippen molar-refractivity contribution >= 4 is 29.9 Å². The lowest BCUT2D eigenvalue weighted by atomic mass is 10.2. The number of guanidine groups is 1. The van der Waals surface area contributed by atoms with Crippen LogP contribution in [0.5, 0.6) is 11.5 Å². The summed E-state index contributed by atoms with van der Waals surface area (Å²) < 4.78 is 24.1. The average molecular weight is 540 g/mol. The van der Waals surface area contributed by atoms with Gasteiger partial charge in [-0.2, -0.15) is 5.10 Å². The summed E-state index contributed by atoms with van der Waals surface area (Å²) in [5.74, 6) is 2.81. The monoisotopic (exact) mass is 540 g/mol. The number of nitrogens with one attached hydrogen (secondary N) is 3. The first-order chi connectivity index (χ1) is 14.6. The maximum atomic E-state index is 13.2. The second-order valence-electron chi connectivity index (χ2n) is 6.53. The normalized spacial score (nSPS) is 11.9. The van der Waals surface area contributed by atoms with E-state index in [1.165, 1.54) is 12.1 Å². The van der Waals surface area contributed by atoms with Crippen molar-refractivity contribution in [1.29, 1.82) is 0 Å². The van der Waals surface area contributed by atoms with E-state index in [0.29, 0.717) is 36.4 Å². The fourth-order valence-corrected chi connectivity index (χ4v) is 2.69. The van der Waals surface area contributed by atoms with Crippen LogP contribution in [-0.4, -0.2) is 47.9 Å². The SMILES string of the molecule is CN=C(NCc1nc(-c2ccc(OC)cc2)n[nH]1)NCC(C)Oc1cccc(F)c1.I. The Morgan fingerprint density at radius 2 is 1.94 bits per heavy atom. The van der Waals surface area contributed by atoms with Gasteiger partial charge in [-0.05, 0) is 43.3 Å². The predicted molar refractivity (Wildman–Crippen MR) is 128 cm³/mol. The molecule has 1 heterocycles. The van der Waals surface area contributed by atoms with Crippen molar-refractivity contribution in [2.24, 2.45) is 4.99 Å². The summed E-state index contributed by atoms with van der Waals surface area (Å²) in [6.45, 7) is 2.80. The van der Waals surface area contributed by atoms with Gasteiger partial charge in [-0.1, -0.05) is 6.07 Å². The van der Waals surface area contributed by atoms with Gasteiger partial charge in [-0.25, -0.2) is 9.37 Å². The topological polar surface area (TPSA) is 96.5 Å². The number of halogens is 2. The molecule has 0 aliphatic heterocycles. The van der Waals surface area contributed by atoms with Crippen LogP contribution in [-0.2, 0) is 6.54 Å². The van der Waals surface area contributed by atoms with Gasteiger partial charge >= 0.3 is 0 Å². The zero-order valence-electron chi connectivity index (χ0n) is 17.6. The molecule has 0 saturated carbocycles. The standard InChI is InChI=1S/C21H25FN6O2.HI/c1-14(30-18-6-4-5-16(22)11-18)12-24-21(23-2)25-13-19-26-20(28-27-19)15-7-9-17(29-3)10-8-15;/h4-11,14H,12-13H2,1-3H3,(H2,23,24,25)(H,26,27,28);1H. The minimum atomic E-state index is -0.328. The van der Waals surface area contributed by atoms with E-state index in [-0.39, 0.29) is 35.9 Å². The molecule has 2 aromatic carbocycles. The van der Waals surface area contributed by atoms with E-state index in [1.54, 1.807) is 26.3 Å². The number of hydrogen-bond acceptors (Lipinski definition) is 5. The summed E-state index contributed by atoms with van der Waals surface area (Å²) in [5.41, 5.74) is 0.893. The first-order valence-corrected chi connectivity index (χ1v) is 9.50. The number of H-pyrrole nitrogens is 1. The maximum Gasteiger partial charge on any atom is 0.191 e. The zero-order valence-corrected chi connectivity index (χ0v) is 19.9. The van der Waals surface area contributed by atoms with Crippen LogP contribution in [0.1, 0.15) is 12.7 Å². The molecular weight excluding hydrogens is 514 g/mol. The molecule has 0 aliphatic carbocycles. The molecule has 8 nitrogen and oxygen atoms in total. The summed E-state index contributed by atoms with van der Waals surface area (Å²) >= 11 is 0. The van der Waals surface area contributed by atoms with Crippen molar-refractivity contribution < 1.29 is 13.9 Å². The van der Waals surface area contributed by atoms with E-state index in [4.69, 9.17) is 9.47 Å². The molecule has 166 valence electrons. The number of ether oxygens (including phenoxy) is 2. The highest BCUT2D eigenvalue weighted by atomic mass is 127. The minimum absolute atomic E-state index is 0. The summed E-state index contributed by atoms with van der Waals surface area (Å²) in [5, 5.41) is 13.5. The van der Waals surface area contributed by atoms with Gasteiger partial charge in [-0.15, -0.1) is 24.0 Å². The highest BCUT2D eigenvalue weighted by molar-refractivity contribution is 14.0. The van der Waals surface area contributed by atoms with Crippen LogP contribution in [0.2, 0.25) is 0 Å². The van der Waals surface area contributed by atoms with E-state index >= 15 is 0 Å². The lowest BCUT2D eigenvalue weighted by Crippen LogP contribution is -2.41. The Kier molecular flexibility index (Phi) is 9.50. The number of aliphatic imine (C=N–C) groups is 1. The summed E-state index contributed by atoms with van der Waals surface area (Å²) in [7, 11) is 3.30. The van der Waals surface area contributed by atoms with Gasteiger partial charge in [-0.3, -0.25) is 10.1 Å². The molecule has 0 radical (unpaired) electrons. The summed E-state index contributed by atoms with van der Waals surface area (Å²) in [6.07, 6.45) is -0.183. The zero-order chi connectivity index (χ0) is 21.3. The Balaban J connectivity index is 0.00000341. The molecule has 1 atom stereocenters. The molecule has 0 spiro atoms. The number of aromatic amines is 1. The van der Waals surface area contributed by atoms with Crippen LogP contribution in [0.25, 0.3) is 11.4 Å². The van der Waals surface area contributed by atoms with Gasteiger partial charge in [0.15, 0.2) is 11.8 Å². The van der Waals surface area contributed by atoms with Crippen LogP contribution in [0.4, 0.5) is 4.39 Å². The molecule has 0 bridgehead atoms. The van der Waals surface area contributed by atoms with E-state index in [1.807, 2.05) is 31.2 Å². The van der Waals surface area contributed by atoms with Gasteiger partial charge in [0.1, 0.15) is 29.2 Å². The Morgan fingerprint density at radius 1 is 1.16 bits per heavy atom. The Morgan fingerprint density at radius 3 is 2.61 bits per heavy atom. The smallest absolute Gasteiger partial charge is 0.191 e. The molecule has 0 amide bonds. The second kappa shape index (κ2) is 12.1. The van der Waals surface area contributed by atoms with Crippen molar-refractivity contribution in [2.75, 3.05) is 20.7 Å². The lowest BCUT2D eigenvalue weighted by Gasteiger charge is -2.17. The van der Waals surface area contributed by atoms with Gasteiger partial charge in [0.05, 0.1) is 20.2 Å². The number of rotatable bonds is 8. The van der Waals surface area contributed by atoms with E-state index in [0.717, 1.165) is 11.3 Å². The molecular formula is C21H26FIN6O2. The summed E-state index contributed by atoms with van der Waals surface area (Å²) in [6, 6.07) is 13.6. The van der Waals surface area contributed by atoms with Crippen LogP contribution in [0.3, 0.4) is 0 Å². The molecule has 3 rings (SSSR count). The Hall–Kier alpha value is -2.89. The fraction of sp³-hybridized carbons (Fsp3) is 0.286. The van der Waals surface area contributed by atoms with Crippen LogP contribution in [0.15, 0.2) is 53.5 Å². The van der Waals surface area contributed by atoms with Crippen molar-refractivity contribution in [2.45, 2.75) is 19.6 Å². The number of nitrogens with zero attached hydrogens (tertiary/aromatic N) is 3. The van der Waals surface area contributed by atoms with Crippen molar-refractivity contribution in [1.82, 2.24) is 25.8 Å². The van der Waals surface area contributed by atoms with Gasteiger partial charge in [0.25, 0.3) is 0 Å². The summed E-state index contributed by atoms with van der Waals surface area (Å²) in [4.78, 5) is 8.67. The van der Waals surface area contributed by atoms with Crippen LogP contribution < -0.4 is 20.1 Å². The Labute approximate surface area is 197 Å². The molecule has 10 heteroatoms. The number of benzene rings is 2. The largest absolute Gasteiger partial charge is 0.497 e. The molecule has 1 unspecified atom stereocenters. The van der Waals surface area contributed by atoms with Crippen molar-refractivity contribution in [3.8, 4) is 22.9 Å². The van der Waals surface area contributed by atoms with E-state index < -0.39 is 0 Å². The highest BCUT2D eigenvalue weighted by Crippen LogP contribution is 2.19. The first-order valence-electron chi connectivity index (χ1n) is 9.50. The van der Waals surface area contributed by atoms with Crippen LogP contribution in [0, 0.1) is 5.82 Å². The number of methoxy groups -OCH3 is 1. The number of aromatic nitrogens is 3. The highest BCUT2D eigenvalue weighted by Gasteiger charge is 2.09. The van der Waals surface area contributed by atoms with E-state index in [9.17, 15) is 4.39 Å². The molecule has 1 aromatic heterocycles. The lowest BCUT2D eigenvalue weighted by molar-refractivity contribution is 0.223. The third kappa shape index (κ3) is 7.39. The van der Waals surface area contributed by atoms with Crippen molar-refractivity contribution in [3.05, 3.63) is 60.2 Å². The molecule has 0 aliphatic rings. The van der Waals surface area contributed by atoms with Crippen LogP contribution >= 0.6 is 24.0 Å². The number of hydrogen-bond donors (Lipinski definition) is 3. The van der Waals surface area contributed by atoms with Gasteiger partial charge < -0.3 is 20.1 Å². The van der Waals surface area contributed by atoms with Gasteiger partial charge in [0.2, 0.25) is 0 Å². The van der Waals surface area contributed by atoms with Gasteiger partial charge in [0, 0.05) is 18.7 Å². The average Bonchev–Trinajstić information content (AvgIpc) is 3.23. The molecule has 0 fully saturated rings. The maximum absolute atomic E-state index is 13.2. The molecule has 0 saturated heterocycles. The third-order valence-electron chi connectivity index (χ3n) is 4.22. The van der Waals surface area contributed by atoms with Crippen molar-refractivity contribution in [3.63, 3.8) is 0 Å².